The normalized spacial score (nSPS) is 19.6. The number of hydrogen-bond acceptors (Lipinski definition) is 8. The molecule has 4 N–H and O–H groups in total. The predicted molar refractivity (Wildman–Crippen MR) is 114 cm³/mol. The van der Waals surface area contributed by atoms with E-state index >= 15 is 0 Å². The fourth-order valence-electron chi connectivity index (χ4n) is 3.94. The van der Waals surface area contributed by atoms with Crippen LogP contribution in [0.2, 0.25) is 0 Å². The zero-order valence-corrected chi connectivity index (χ0v) is 17.0. The summed E-state index contributed by atoms with van der Waals surface area (Å²) >= 11 is 0. The second kappa shape index (κ2) is 9.88. The number of aromatic hydroxyl groups is 1. The van der Waals surface area contributed by atoms with Crippen molar-refractivity contribution in [2.75, 3.05) is 35.6 Å². The summed E-state index contributed by atoms with van der Waals surface area (Å²) in [6.07, 6.45) is 8.55. The number of anilines is 4. The molecule has 1 aromatic carbocycles. The Labute approximate surface area is 175 Å². The highest BCUT2D eigenvalue weighted by Gasteiger charge is 2.17. The fraction of sp³-hybridized carbons (Fsp3) is 0.571. The third-order valence-corrected chi connectivity index (χ3v) is 5.62. The van der Waals surface area contributed by atoms with Crippen LogP contribution in [-0.4, -0.2) is 45.9 Å². The zero-order chi connectivity index (χ0) is 20.8. The van der Waals surface area contributed by atoms with Gasteiger partial charge in [0.25, 0.3) is 0 Å². The van der Waals surface area contributed by atoms with Gasteiger partial charge in [0, 0.05) is 31.5 Å². The number of phenols is 1. The largest absolute Gasteiger partial charge is 0.505 e. The smallest absolute Gasteiger partial charge is 0.233 e. The predicted octanol–water partition coefficient (Wildman–Crippen LogP) is 4.04. The molecule has 0 radical (unpaired) electrons. The fourth-order valence-corrected chi connectivity index (χ4v) is 3.94. The Bertz CT molecular complexity index is 840. The molecule has 1 atom stereocenters. The molecule has 1 aromatic heterocycles. The van der Waals surface area contributed by atoms with Gasteiger partial charge in [-0.05, 0) is 43.7 Å². The first-order valence-corrected chi connectivity index (χ1v) is 10.8. The number of aromatic nitrogens is 3. The molecular formula is C21H29FN6O2. The van der Waals surface area contributed by atoms with Crippen LogP contribution < -0.4 is 16.0 Å². The van der Waals surface area contributed by atoms with Crippen molar-refractivity contribution >= 4 is 23.5 Å². The lowest BCUT2D eigenvalue weighted by Gasteiger charge is -2.22. The van der Waals surface area contributed by atoms with Gasteiger partial charge in [-0.25, -0.2) is 4.39 Å². The van der Waals surface area contributed by atoms with Crippen molar-refractivity contribution in [1.82, 2.24) is 15.0 Å². The highest BCUT2D eigenvalue weighted by Crippen LogP contribution is 2.25. The minimum atomic E-state index is -0.707. The van der Waals surface area contributed by atoms with E-state index in [-0.39, 0.29) is 6.10 Å². The van der Waals surface area contributed by atoms with Gasteiger partial charge in [0.05, 0.1) is 6.10 Å². The van der Waals surface area contributed by atoms with Crippen molar-refractivity contribution < 1.29 is 14.2 Å². The molecule has 2 heterocycles. The van der Waals surface area contributed by atoms with E-state index in [4.69, 9.17) is 4.74 Å². The number of hydrogen-bond donors (Lipinski definition) is 4. The summed E-state index contributed by atoms with van der Waals surface area (Å²) in [6, 6.07) is 4.06. The molecule has 2 fully saturated rings. The number of rotatable bonds is 8. The maximum atomic E-state index is 13.7. The molecule has 162 valence electrons. The molecule has 0 amide bonds. The molecule has 1 aliphatic heterocycles. The van der Waals surface area contributed by atoms with Crippen LogP contribution in [0, 0.1) is 11.7 Å². The van der Waals surface area contributed by atoms with E-state index in [0.717, 1.165) is 26.0 Å². The van der Waals surface area contributed by atoms with Gasteiger partial charge >= 0.3 is 0 Å². The third kappa shape index (κ3) is 5.69. The average Bonchev–Trinajstić information content (AvgIpc) is 3.28. The standard InChI is InChI=1S/C21H29FN6O2/c22-17-11-15(8-9-18(17)29)25-21-27-19(23-12-14-5-2-1-3-6-14)26-20(28-21)24-13-16-7-4-10-30-16/h8-9,11,14,16,29H,1-7,10,12-13H2,(H3,23,24,25,26,27,28). The van der Waals surface area contributed by atoms with Gasteiger partial charge in [-0.1, -0.05) is 19.3 Å². The second-order valence-electron chi connectivity index (χ2n) is 8.00. The van der Waals surface area contributed by atoms with E-state index in [1.165, 1.54) is 44.2 Å². The zero-order valence-electron chi connectivity index (χ0n) is 17.0. The minimum absolute atomic E-state index is 0.156. The molecule has 0 spiro atoms. The van der Waals surface area contributed by atoms with Gasteiger partial charge in [-0.3, -0.25) is 0 Å². The molecule has 0 bridgehead atoms. The van der Waals surface area contributed by atoms with Crippen molar-refractivity contribution in [3.63, 3.8) is 0 Å². The highest BCUT2D eigenvalue weighted by atomic mass is 19.1. The Kier molecular flexibility index (Phi) is 6.78. The summed E-state index contributed by atoms with van der Waals surface area (Å²) in [5, 5.41) is 19.0. The first kappa shape index (κ1) is 20.6. The number of benzene rings is 1. The van der Waals surface area contributed by atoms with E-state index in [1.807, 2.05) is 0 Å². The lowest BCUT2D eigenvalue weighted by molar-refractivity contribution is 0.120. The van der Waals surface area contributed by atoms with Crippen LogP contribution in [0.15, 0.2) is 18.2 Å². The second-order valence-corrected chi connectivity index (χ2v) is 8.00. The van der Waals surface area contributed by atoms with Gasteiger partial charge in [0.2, 0.25) is 17.8 Å². The highest BCUT2D eigenvalue weighted by molar-refractivity contribution is 5.57. The molecule has 2 aliphatic rings. The van der Waals surface area contributed by atoms with Crippen LogP contribution in [0.3, 0.4) is 0 Å². The number of nitrogens with one attached hydrogen (secondary N) is 3. The van der Waals surface area contributed by atoms with Gasteiger partial charge < -0.3 is 25.8 Å². The molecule has 2 aromatic rings. The van der Waals surface area contributed by atoms with Crippen LogP contribution in [0.25, 0.3) is 0 Å². The van der Waals surface area contributed by atoms with Crippen LogP contribution in [-0.2, 0) is 4.74 Å². The maximum Gasteiger partial charge on any atom is 0.233 e. The molecule has 1 saturated carbocycles. The van der Waals surface area contributed by atoms with Crippen molar-refractivity contribution in [2.24, 2.45) is 5.92 Å². The van der Waals surface area contributed by atoms with Gasteiger partial charge in [-0.2, -0.15) is 15.0 Å². The first-order chi connectivity index (χ1) is 14.7. The van der Waals surface area contributed by atoms with E-state index in [9.17, 15) is 9.50 Å². The SMILES string of the molecule is Oc1ccc(Nc2nc(NCC3CCCCC3)nc(NCC3CCCO3)n2)cc1F. The van der Waals surface area contributed by atoms with Crippen molar-refractivity contribution in [2.45, 2.75) is 51.0 Å². The number of ether oxygens (including phenoxy) is 1. The molecule has 1 unspecified atom stereocenters. The Morgan fingerprint density at radius 1 is 0.933 bits per heavy atom. The van der Waals surface area contributed by atoms with Crippen molar-refractivity contribution in [3.05, 3.63) is 24.0 Å². The van der Waals surface area contributed by atoms with Gasteiger partial charge in [0.15, 0.2) is 11.6 Å². The van der Waals surface area contributed by atoms with Crippen molar-refractivity contribution in [3.8, 4) is 5.75 Å². The van der Waals surface area contributed by atoms with E-state index < -0.39 is 11.6 Å². The topological polar surface area (TPSA) is 104 Å². The van der Waals surface area contributed by atoms with E-state index in [1.54, 1.807) is 6.07 Å². The van der Waals surface area contributed by atoms with Crippen LogP contribution in [0.1, 0.15) is 44.9 Å². The molecule has 8 nitrogen and oxygen atoms in total. The van der Waals surface area contributed by atoms with Crippen molar-refractivity contribution in [1.29, 1.82) is 0 Å². The Balaban J connectivity index is 1.47. The summed E-state index contributed by atoms with van der Waals surface area (Å²) in [5.74, 6) is 0.740. The number of phenolic OH excluding ortho intramolecular Hbond substituents is 1. The molecule has 1 saturated heterocycles. The average molecular weight is 417 g/mol. The van der Waals surface area contributed by atoms with Gasteiger partial charge in [0.1, 0.15) is 0 Å². The maximum absolute atomic E-state index is 13.7. The van der Waals surface area contributed by atoms with Crippen LogP contribution in [0.5, 0.6) is 5.75 Å². The minimum Gasteiger partial charge on any atom is -0.505 e. The monoisotopic (exact) mass is 416 g/mol. The first-order valence-electron chi connectivity index (χ1n) is 10.8. The summed E-state index contributed by atoms with van der Waals surface area (Å²) in [6.45, 7) is 2.23. The van der Waals surface area contributed by atoms with E-state index in [0.29, 0.717) is 36.0 Å². The van der Waals surface area contributed by atoms with E-state index in [2.05, 4.69) is 30.9 Å². The summed E-state index contributed by atoms with van der Waals surface area (Å²) in [4.78, 5) is 13.4. The molecule has 1 aliphatic carbocycles. The third-order valence-electron chi connectivity index (χ3n) is 5.62. The molecule has 9 heteroatoms. The number of nitrogens with zero attached hydrogens (tertiary/aromatic N) is 3. The molecular weight excluding hydrogens is 387 g/mol. The number of halogens is 1. The summed E-state index contributed by atoms with van der Waals surface area (Å²) in [5.41, 5.74) is 0.444. The Morgan fingerprint density at radius 3 is 2.37 bits per heavy atom. The summed E-state index contributed by atoms with van der Waals surface area (Å²) in [7, 11) is 0. The quantitative estimate of drug-likeness (QED) is 0.478. The molecule has 4 rings (SSSR count). The Hall–Kier alpha value is -2.68. The Morgan fingerprint density at radius 2 is 1.67 bits per heavy atom. The van der Waals surface area contributed by atoms with Crippen LogP contribution >= 0.6 is 0 Å². The molecule has 30 heavy (non-hydrogen) atoms. The van der Waals surface area contributed by atoms with Crippen LogP contribution in [0.4, 0.5) is 27.9 Å². The lowest BCUT2D eigenvalue weighted by atomic mass is 9.89. The van der Waals surface area contributed by atoms with Gasteiger partial charge in [-0.15, -0.1) is 0 Å². The lowest BCUT2D eigenvalue weighted by Crippen LogP contribution is -2.22. The summed E-state index contributed by atoms with van der Waals surface area (Å²) < 4.78 is 19.3.